The van der Waals surface area contributed by atoms with Crippen molar-refractivity contribution < 1.29 is 30.6 Å². The van der Waals surface area contributed by atoms with E-state index in [-0.39, 0.29) is 11.5 Å². The van der Waals surface area contributed by atoms with Crippen LogP contribution in [0.5, 0.6) is 0 Å². The minimum atomic E-state index is -5.48. The molecule has 0 aliphatic rings. The molecule has 0 aliphatic heterocycles. The first-order valence-corrected chi connectivity index (χ1v) is 10.2. The molecule has 0 aromatic carbocycles. The lowest BCUT2D eigenvalue weighted by atomic mass is 10.1. The van der Waals surface area contributed by atoms with Crippen LogP contribution in [-0.2, 0) is 14.3 Å². The van der Waals surface area contributed by atoms with Gasteiger partial charge in [0.2, 0.25) is 0 Å². The highest BCUT2D eigenvalue weighted by molar-refractivity contribution is 7.87. The lowest BCUT2D eigenvalue weighted by molar-refractivity contribution is -0.0543. The van der Waals surface area contributed by atoms with Crippen molar-refractivity contribution in [2.75, 3.05) is 6.61 Å². The van der Waals surface area contributed by atoms with Crippen LogP contribution < -0.4 is 0 Å². The van der Waals surface area contributed by atoms with Crippen LogP contribution in [0.15, 0.2) is 0 Å². The molecule has 0 bridgehead atoms. The lowest BCUT2D eigenvalue weighted by Gasteiger charge is -2.35. The zero-order valence-electron chi connectivity index (χ0n) is 11.5. The highest BCUT2D eigenvalue weighted by Crippen LogP contribution is 2.40. The van der Waals surface area contributed by atoms with Crippen LogP contribution in [0.1, 0.15) is 33.1 Å². The van der Waals surface area contributed by atoms with E-state index in [9.17, 15) is 26.4 Å². The van der Waals surface area contributed by atoms with Crippen molar-refractivity contribution in [3.63, 3.8) is 0 Å². The summed E-state index contributed by atoms with van der Waals surface area (Å²) in [7, 11) is -7.83. The first-order valence-electron chi connectivity index (χ1n) is 5.89. The van der Waals surface area contributed by atoms with E-state index < -0.39 is 30.6 Å². The SMILES string of the molecule is CC(C)(CCCCOS(=O)(=O)C(F)(F)F)[Si](C)(C)O. The van der Waals surface area contributed by atoms with Gasteiger partial charge in [-0.05, 0) is 31.0 Å². The van der Waals surface area contributed by atoms with Crippen LogP contribution >= 0.6 is 0 Å². The summed E-state index contributed by atoms with van der Waals surface area (Å²) < 4.78 is 60.9. The van der Waals surface area contributed by atoms with E-state index in [1.807, 2.05) is 13.8 Å². The second-order valence-electron chi connectivity index (χ2n) is 5.62. The summed E-state index contributed by atoms with van der Waals surface area (Å²) in [6.07, 6.45) is 1.30. The molecular weight excluding hydrogens is 301 g/mol. The number of unbranched alkanes of at least 4 members (excludes halogenated alkanes) is 1. The van der Waals surface area contributed by atoms with E-state index >= 15 is 0 Å². The molecule has 0 atom stereocenters. The fourth-order valence-electron chi connectivity index (χ4n) is 1.21. The van der Waals surface area contributed by atoms with Gasteiger partial charge in [0.05, 0.1) is 6.61 Å². The van der Waals surface area contributed by atoms with Crippen molar-refractivity contribution in [3.8, 4) is 0 Å². The molecule has 9 heteroatoms. The normalized spacial score (nSPS) is 14.7. The molecule has 1 N–H and O–H groups in total. The molecule has 0 rings (SSSR count). The molecule has 0 saturated carbocycles. The molecule has 19 heavy (non-hydrogen) atoms. The monoisotopic (exact) mass is 322 g/mol. The first-order chi connectivity index (χ1) is 8.21. The van der Waals surface area contributed by atoms with Gasteiger partial charge in [0.25, 0.3) is 0 Å². The molecule has 0 aromatic heterocycles. The fourth-order valence-corrected chi connectivity index (χ4v) is 2.47. The van der Waals surface area contributed by atoms with E-state index in [0.29, 0.717) is 12.8 Å². The smallest absolute Gasteiger partial charge is 0.432 e. The molecule has 0 aliphatic carbocycles. The molecule has 0 spiro atoms. The van der Waals surface area contributed by atoms with Crippen molar-refractivity contribution >= 4 is 18.4 Å². The number of alkyl halides is 3. The van der Waals surface area contributed by atoms with Crippen molar-refractivity contribution in [2.45, 2.75) is 56.8 Å². The minimum absolute atomic E-state index is 0.198. The highest BCUT2D eigenvalue weighted by atomic mass is 32.2. The standard InChI is InChI=1S/C10H21F3O4SSi/c1-9(2,19(3,4)16)7-5-6-8-17-18(14,15)10(11,12)13/h16H,5-8H2,1-4H3. The number of hydrogen-bond donors (Lipinski definition) is 1. The third-order valence-electron chi connectivity index (χ3n) is 3.37. The Morgan fingerprint density at radius 2 is 1.63 bits per heavy atom. The summed E-state index contributed by atoms with van der Waals surface area (Å²) in [5, 5.41) is -0.282. The largest absolute Gasteiger partial charge is 0.523 e. The lowest BCUT2D eigenvalue weighted by Crippen LogP contribution is -2.38. The Kier molecular flexibility index (Phi) is 6.07. The topological polar surface area (TPSA) is 63.6 Å². The van der Waals surface area contributed by atoms with Gasteiger partial charge in [0.1, 0.15) is 0 Å². The number of hydrogen-bond acceptors (Lipinski definition) is 4. The molecule has 0 saturated heterocycles. The summed E-state index contributed by atoms with van der Waals surface area (Å²) in [5.74, 6) is 0. The van der Waals surface area contributed by atoms with Crippen LogP contribution in [0.3, 0.4) is 0 Å². The Labute approximate surface area is 113 Å². The highest BCUT2D eigenvalue weighted by Gasteiger charge is 2.47. The molecular formula is C10H21F3O4SSi. The van der Waals surface area contributed by atoms with Gasteiger partial charge >= 0.3 is 15.6 Å². The summed E-state index contributed by atoms with van der Waals surface area (Å²) in [6, 6.07) is 0. The summed E-state index contributed by atoms with van der Waals surface area (Å²) >= 11 is 0. The first kappa shape index (κ1) is 18.9. The molecule has 4 nitrogen and oxygen atoms in total. The van der Waals surface area contributed by atoms with Gasteiger partial charge in [0, 0.05) is 0 Å². The van der Waals surface area contributed by atoms with Gasteiger partial charge in [0.15, 0.2) is 8.32 Å². The van der Waals surface area contributed by atoms with Gasteiger partial charge < -0.3 is 4.80 Å². The van der Waals surface area contributed by atoms with E-state index in [2.05, 4.69) is 4.18 Å². The van der Waals surface area contributed by atoms with E-state index in [1.165, 1.54) is 0 Å². The predicted molar refractivity (Wildman–Crippen MR) is 68.5 cm³/mol. The Hall–Kier alpha value is -0.123. The van der Waals surface area contributed by atoms with Crippen LogP contribution in [0.2, 0.25) is 18.1 Å². The molecule has 0 radical (unpaired) electrons. The molecule has 0 amide bonds. The van der Waals surface area contributed by atoms with E-state index in [1.54, 1.807) is 13.1 Å². The maximum absolute atomic E-state index is 11.9. The minimum Gasteiger partial charge on any atom is -0.432 e. The second-order valence-corrected chi connectivity index (χ2v) is 11.7. The Morgan fingerprint density at radius 1 is 1.16 bits per heavy atom. The quantitative estimate of drug-likeness (QED) is 0.339. The Morgan fingerprint density at radius 3 is 2.00 bits per heavy atom. The summed E-state index contributed by atoms with van der Waals surface area (Å²) in [5.41, 5.74) is -5.37. The fraction of sp³-hybridized carbons (Fsp3) is 1.00. The van der Waals surface area contributed by atoms with Gasteiger partial charge in [-0.15, -0.1) is 0 Å². The third kappa shape index (κ3) is 5.80. The zero-order chi connectivity index (χ0) is 15.5. The van der Waals surface area contributed by atoms with E-state index in [4.69, 9.17) is 0 Å². The Bertz CT molecular complexity index is 385. The summed E-state index contributed by atoms with van der Waals surface area (Å²) in [4.78, 5) is 10.0. The van der Waals surface area contributed by atoms with Gasteiger partial charge in [-0.1, -0.05) is 20.3 Å². The average Bonchev–Trinajstić information content (AvgIpc) is 2.12. The second kappa shape index (κ2) is 6.11. The molecule has 0 unspecified atom stereocenters. The third-order valence-corrected chi connectivity index (χ3v) is 7.98. The van der Waals surface area contributed by atoms with Crippen molar-refractivity contribution in [1.82, 2.24) is 0 Å². The van der Waals surface area contributed by atoms with Gasteiger partial charge in [-0.2, -0.15) is 21.6 Å². The molecule has 0 aromatic rings. The maximum atomic E-state index is 11.9. The zero-order valence-corrected chi connectivity index (χ0v) is 13.4. The summed E-state index contributed by atoms with van der Waals surface area (Å²) in [6.45, 7) is 6.87. The number of halogens is 3. The average molecular weight is 322 g/mol. The van der Waals surface area contributed by atoms with Gasteiger partial charge in [-0.25, -0.2) is 0 Å². The molecule has 0 fully saturated rings. The van der Waals surface area contributed by atoms with Crippen LogP contribution in [-0.4, -0.2) is 33.6 Å². The maximum Gasteiger partial charge on any atom is 0.523 e. The van der Waals surface area contributed by atoms with E-state index in [0.717, 1.165) is 0 Å². The van der Waals surface area contributed by atoms with Crippen LogP contribution in [0.25, 0.3) is 0 Å². The molecule has 116 valence electrons. The van der Waals surface area contributed by atoms with Crippen LogP contribution in [0.4, 0.5) is 13.2 Å². The van der Waals surface area contributed by atoms with Crippen LogP contribution in [0, 0.1) is 0 Å². The Balaban J connectivity index is 4.10. The predicted octanol–water partition coefficient (Wildman–Crippen LogP) is 3.00. The van der Waals surface area contributed by atoms with Crippen molar-refractivity contribution in [2.24, 2.45) is 0 Å². The van der Waals surface area contributed by atoms with Gasteiger partial charge in [-0.3, -0.25) is 4.18 Å². The van der Waals surface area contributed by atoms with Crippen molar-refractivity contribution in [1.29, 1.82) is 0 Å². The van der Waals surface area contributed by atoms with Crippen molar-refractivity contribution in [3.05, 3.63) is 0 Å². The number of rotatable bonds is 7. The molecule has 0 heterocycles.